The Morgan fingerprint density at radius 2 is 2.00 bits per heavy atom. The highest BCUT2D eigenvalue weighted by Gasteiger charge is 2.23. The number of hydrogen-bond donors (Lipinski definition) is 1. The molecule has 0 radical (unpaired) electrons. The van der Waals surface area contributed by atoms with E-state index in [-0.39, 0.29) is 12.5 Å². The maximum Gasteiger partial charge on any atom is 0.253 e. The number of nitrogens with one attached hydrogen (secondary N) is 1. The first kappa shape index (κ1) is 19.4. The monoisotopic (exact) mass is 372 g/mol. The molecule has 1 aliphatic rings. The molecule has 2 heterocycles. The molecule has 7 nitrogen and oxygen atoms in total. The third-order valence-corrected chi connectivity index (χ3v) is 4.87. The van der Waals surface area contributed by atoms with Crippen molar-refractivity contribution >= 4 is 5.91 Å². The lowest BCUT2D eigenvalue weighted by atomic mass is 9.96. The van der Waals surface area contributed by atoms with Crippen molar-refractivity contribution in [2.75, 3.05) is 26.2 Å². The number of amides is 1. The van der Waals surface area contributed by atoms with Gasteiger partial charge < -0.3 is 19.5 Å². The summed E-state index contributed by atoms with van der Waals surface area (Å²) in [6.45, 7) is 8.02. The van der Waals surface area contributed by atoms with Gasteiger partial charge in [0.25, 0.3) is 5.91 Å². The molecule has 0 saturated carbocycles. The van der Waals surface area contributed by atoms with E-state index in [9.17, 15) is 4.79 Å². The van der Waals surface area contributed by atoms with Crippen molar-refractivity contribution in [3.8, 4) is 5.75 Å². The number of likely N-dealkylation sites (tertiary alicyclic amines) is 1. The van der Waals surface area contributed by atoms with Crippen molar-refractivity contribution in [2.24, 2.45) is 5.92 Å². The molecule has 1 fully saturated rings. The van der Waals surface area contributed by atoms with Gasteiger partial charge in [0.15, 0.2) is 6.61 Å². The van der Waals surface area contributed by atoms with Gasteiger partial charge in [-0.15, -0.1) is 0 Å². The molecule has 27 heavy (non-hydrogen) atoms. The smallest absolute Gasteiger partial charge is 0.253 e. The number of aryl methyl sites for hydroxylation is 1. The first-order valence-corrected chi connectivity index (χ1v) is 9.74. The van der Waals surface area contributed by atoms with E-state index in [1.165, 1.54) is 0 Å². The SMILES string of the molecule is CCNCC1CCN(C(=O)c2ccc(OCc3noc(CC)n3)cc2)CC1. The highest BCUT2D eigenvalue weighted by atomic mass is 16.5. The van der Waals surface area contributed by atoms with E-state index in [2.05, 4.69) is 22.4 Å². The van der Waals surface area contributed by atoms with Crippen LogP contribution in [0.15, 0.2) is 28.8 Å². The van der Waals surface area contributed by atoms with Crippen molar-refractivity contribution in [3.05, 3.63) is 41.5 Å². The Morgan fingerprint density at radius 3 is 2.63 bits per heavy atom. The van der Waals surface area contributed by atoms with Crippen molar-refractivity contribution in [1.29, 1.82) is 0 Å². The van der Waals surface area contributed by atoms with Crippen LogP contribution in [0, 0.1) is 5.92 Å². The minimum absolute atomic E-state index is 0.0919. The zero-order valence-corrected chi connectivity index (χ0v) is 16.1. The van der Waals surface area contributed by atoms with Gasteiger partial charge in [0.05, 0.1) is 0 Å². The van der Waals surface area contributed by atoms with E-state index in [1.54, 1.807) is 0 Å². The van der Waals surface area contributed by atoms with Crippen LogP contribution >= 0.6 is 0 Å². The summed E-state index contributed by atoms with van der Waals surface area (Å²) < 4.78 is 10.7. The Bertz CT molecular complexity index is 721. The van der Waals surface area contributed by atoms with Crippen molar-refractivity contribution in [1.82, 2.24) is 20.4 Å². The van der Waals surface area contributed by atoms with Gasteiger partial charge in [-0.25, -0.2) is 0 Å². The molecule has 0 unspecified atom stereocenters. The number of aromatic nitrogens is 2. The van der Waals surface area contributed by atoms with Crippen LogP contribution in [0.1, 0.15) is 48.8 Å². The summed E-state index contributed by atoms with van der Waals surface area (Å²) in [6.07, 6.45) is 2.82. The Balaban J connectivity index is 1.48. The summed E-state index contributed by atoms with van der Waals surface area (Å²) in [4.78, 5) is 18.8. The van der Waals surface area contributed by atoms with E-state index in [0.717, 1.165) is 39.0 Å². The molecule has 0 bridgehead atoms. The molecule has 0 aliphatic carbocycles. The summed E-state index contributed by atoms with van der Waals surface area (Å²) in [7, 11) is 0. The minimum Gasteiger partial charge on any atom is -0.485 e. The third-order valence-electron chi connectivity index (χ3n) is 4.87. The average Bonchev–Trinajstić information content (AvgIpc) is 3.19. The number of nitrogens with zero attached hydrogens (tertiary/aromatic N) is 3. The fraction of sp³-hybridized carbons (Fsp3) is 0.550. The number of carbonyl (C=O) groups excluding carboxylic acids is 1. The molecular formula is C20H28N4O3. The summed E-state index contributed by atoms with van der Waals surface area (Å²) >= 11 is 0. The van der Waals surface area contributed by atoms with Crippen molar-refractivity contribution in [3.63, 3.8) is 0 Å². The number of carbonyl (C=O) groups is 1. The molecule has 1 saturated heterocycles. The minimum atomic E-state index is 0.0919. The number of hydrogen-bond acceptors (Lipinski definition) is 6. The molecule has 0 atom stereocenters. The highest BCUT2D eigenvalue weighted by Crippen LogP contribution is 2.20. The zero-order valence-electron chi connectivity index (χ0n) is 16.1. The first-order chi connectivity index (χ1) is 13.2. The summed E-state index contributed by atoms with van der Waals surface area (Å²) in [5.74, 6) is 2.56. The van der Waals surface area contributed by atoms with Gasteiger partial charge in [-0.1, -0.05) is 19.0 Å². The van der Waals surface area contributed by atoms with Crippen LogP contribution in [0.5, 0.6) is 5.75 Å². The van der Waals surface area contributed by atoms with Gasteiger partial charge in [-0.3, -0.25) is 4.79 Å². The fourth-order valence-electron chi connectivity index (χ4n) is 3.21. The van der Waals surface area contributed by atoms with Gasteiger partial charge in [0, 0.05) is 25.1 Å². The second-order valence-electron chi connectivity index (χ2n) is 6.81. The Labute approximate surface area is 160 Å². The van der Waals surface area contributed by atoms with E-state index in [1.807, 2.05) is 36.1 Å². The largest absolute Gasteiger partial charge is 0.485 e. The summed E-state index contributed by atoms with van der Waals surface area (Å²) in [5, 5.41) is 7.25. The second-order valence-corrected chi connectivity index (χ2v) is 6.81. The van der Waals surface area contributed by atoms with Crippen LogP contribution in [0.2, 0.25) is 0 Å². The predicted molar refractivity (Wildman–Crippen MR) is 102 cm³/mol. The Kier molecular flexibility index (Phi) is 6.81. The van der Waals surface area contributed by atoms with Crippen LogP contribution in [0.25, 0.3) is 0 Å². The number of ether oxygens (including phenoxy) is 1. The number of rotatable bonds is 8. The maximum atomic E-state index is 12.7. The number of benzene rings is 1. The fourth-order valence-corrected chi connectivity index (χ4v) is 3.21. The lowest BCUT2D eigenvalue weighted by Gasteiger charge is -2.32. The molecule has 1 aliphatic heterocycles. The highest BCUT2D eigenvalue weighted by molar-refractivity contribution is 5.94. The van der Waals surface area contributed by atoms with Gasteiger partial charge in [-0.05, 0) is 56.1 Å². The normalized spacial score (nSPS) is 15.1. The van der Waals surface area contributed by atoms with E-state index < -0.39 is 0 Å². The van der Waals surface area contributed by atoms with Gasteiger partial charge >= 0.3 is 0 Å². The van der Waals surface area contributed by atoms with Gasteiger partial charge in [0.1, 0.15) is 5.75 Å². The van der Waals surface area contributed by atoms with E-state index in [4.69, 9.17) is 9.26 Å². The number of piperidine rings is 1. The summed E-state index contributed by atoms with van der Waals surface area (Å²) in [5.41, 5.74) is 0.695. The Hall–Kier alpha value is -2.41. The molecule has 3 rings (SSSR count). The molecule has 1 N–H and O–H groups in total. The topological polar surface area (TPSA) is 80.5 Å². The van der Waals surface area contributed by atoms with Gasteiger partial charge in [-0.2, -0.15) is 4.98 Å². The molecule has 146 valence electrons. The molecule has 1 aromatic carbocycles. The predicted octanol–water partition coefficient (Wildman–Crippen LogP) is 2.67. The van der Waals surface area contributed by atoms with Crippen LogP contribution < -0.4 is 10.1 Å². The maximum absolute atomic E-state index is 12.7. The zero-order chi connectivity index (χ0) is 19.1. The van der Waals surface area contributed by atoms with Crippen molar-refractivity contribution < 1.29 is 14.1 Å². The Morgan fingerprint density at radius 1 is 1.26 bits per heavy atom. The van der Waals surface area contributed by atoms with Crippen LogP contribution in [-0.2, 0) is 13.0 Å². The molecule has 0 spiro atoms. The standard InChI is InChI=1S/C20H28N4O3/c1-3-19-22-18(23-27-19)14-26-17-7-5-16(6-8-17)20(25)24-11-9-15(10-12-24)13-21-4-2/h5-8,15,21H,3-4,9-14H2,1-2H3. The molecule has 2 aromatic rings. The molecule has 1 amide bonds. The van der Waals surface area contributed by atoms with Crippen molar-refractivity contribution in [2.45, 2.75) is 39.7 Å². The van der Waals surface area contributed by atoms with Crippen LogP contribution in [0.3, 0.4) is 0 Å². The lowest BCUT2D eigenvalue weighted by Crippen LogP contribution is -2.40. The summed E-state index contributed by atoms with van der Waals surface area (Å²) in [6, 6.07) is 7.25. The first-order valence-electron chi connectivity index (χ1n) is 9.74. The van der Waals surface area contributed by atoms with Crippen LogP contribution in [0.4, 0.5) is 0 Å². The van der Waals surface area contributed by atoms with E-state index in [0.29, 0.717) is 35.4 Å². The second kappa shape index (κ2) is 9.50. The van der Waals surface area contributed by atoms with E-state index >= 15 is 0 Å². The third kappa shape index (κ3) is 5.29. The van der Waals surface area contributed by atoms with Gasteiger partial charge in [0.2, 0.25) is 11.7 Å². The molecular weight excluding hydrogens is 344 g/mol. The molecule has 7 heteroatoms. The quantitative estimate of drug-likeness (QED) is 0.767. The average molecular weight is 372 g/mol. The lowest BCUT2D eigenvalue weighted by molar-refractivity contribution is 0.0690. The van der Waals surface area contributed by atoms with Crippen LogP contribution in [-0.4, -0.2) is 47.1 Å². The molecule has 1 aromatic heterocycles.